The van der Waals surface area contributed by atoms with Gasteiger partial charge in [-0.2, -0.15) is 18.3 Å². The zero-order chi connectivity index (χ0) is 11.1. The predicted octanol–water partition coefficient (Wildman–Crippen LogP) is 2.24. The zero-order valence-electron chi connectivity index (χ0n) is 8.18. The molecule has 0 saturated heterocycles. The highest BCUT2D eigenvalue weighted by Crippen LogP contribution is 2.35. The van der Waals surface area contributed by atoms with E-state index in [1.54, 1.807) is 20.8 Å². The van der Waals surface area contributed by atoms with Crippen LogP contribution in [-0.4, -0.2) is 9.78 Å². The second-order valence-electron chi connectivity index (χ2n) is 4.03. The third-order valence-electron chi connectivity index (χ3n) is 1.70. The number of hydrogen-bond donors (Lipinski definition) is 1. The standard InChI is InChI=1S/C8H12F3N3/c1-7(2,3)14-6(8(9,10)11)5(12)4-13-14/h4H,12H2,1-3H3. The molecule has 0 saturated carbocycles. The minimum Gasteiger partial charge on any atom is -0.396 e. The van der Waals surface area contributed by atoms with E-state index in [2.05, 4.69) is 5.10 Å². The summed E-state index contributed by atoms with van der Waals surface area (Å²) in [5.74, 6) is 0. The molecular weight excluding hydrogens is 195 g/mol. The molecule has 14 heavy (non-hydrogen) atoms. The predicted molar refractivity (Wildman–Crippen MR) is 46.6 cm³/mol. The lowest BCUT2D eigenvalue weighted by atomic mass is 10.1. The molecule has 1 rings (SSSR count). The van der Waals surface area contributed by atoms with Crippen molar-refractivity contribution < 1.29 is 13.2 Å². The monoisotopic (exact) mass is 207 g/mol. The minimum atomic E-state index is -4.46. The molecule has 0 unspecified atom stereocenters. The van der Waals surface area contributed by atoms with E-state index in [-0.39, 0.29) is 5.69 Å². The summed E-state index contributed by atoms with van der Waals surface area (Å²) in [6.45, 7) is 4.90. The molecule has 2 N–H and O–H groups in total. The number of aromatic nitrogens is 2. The van der Waals surface area contributed by atoms with Crippen LogP contribution in [0.1, 0.15) is 26.5 Å². The molecule has 0 aliphatic rings. The lowest BCUT2D eigenvalue weighted by Gasteiger charge is -2.23. The lowest BCUT2D eigenvalue weighted by molar-refractivity contribution is -0.145. The summed E-state index contributed by atoms with van der Waals surface area (Å²) >= 11 is 0. The van der Waals surface area contributed by atoms with E-state index in [0.717, 1.165) is 10.9 Å². The second kappa shape index (κ2) is 2.90. The van der Waals surface area contributed by atoms with Crippen LogP contribution in [0.4, 0.5) is 18.9 Å². The summed E-state index contributed by atoms with van der Waals surface area (Å²) in [6.07, 6.45) is -3.44. The topological polar surface area (TPSA) is 43.8 Å². The smallest absolute Gasteiger partial charge is 0.396 e. The SMILES string of the molecule is CC(C)(C)n1ncc(N)c1C(F)(F)F. The molecule has 3 nitrogen and oxygen atoms in total. The van der Waals surface area contributed by atoms with Crippen molar-refractivity contribution in [3.8, 4) is 0 Å². The minimum absolute atomic E-state index is 0.340. The largest absolute Gasteiger partial charge is 0.435 e. The molecule has 0 bridgehead atoms. The number of nitrogens with two attached hydrogens (primary N) is 1. The number of alkyl halides is 3. The van der Waals surface area contributed by atoms with Crippen molar-refractivity contribution in [3.63, 3.8) is 0 Å². The molecule has 1 aromatic rings. The fourth-order valence-electron chi connectivity index (χ4n) is 1.15. The van der Waals surface area contributed by atoms with Gasteiger partial charge in [0.15, 0.2) is 5.69 Å². The third kappa shape index (κ3) is 1.83. The first-order valence-electron chi connectivity index (χ1n) is 4.05. The molecule has 1 aromatic heterocycles. The lowest BCUT2D eigenvalue weighted by Crippen LogP contribution is -2.29. The summed E-state index contributed by atoms with van der Waals surface area (Å²) in [5, 5.41) is 3.63. The fourth-order valence-corrected chi connectivity index (χ4v) is 1.15. The molecule has 80 valence electrons. The van der Waals surface area contributed by atoms with Crippen LogP contribution < -0.4 is 5.73 Å². The summed E-state index contributed by atoms with van der Waals surface area (Å²) < 4.78 is 38.5. The van der Waals surface area contributed by atoms with Gasteiger partial charge in [0.05, 0.1) is 17.4 Å². The number of hydrogen-bond acceptors (Lipinski definition) is 2. The van der Waals surface area contributed by atoms with E-state index in [1.165, 1.54) is 0 Å². The van der Waals surface area contributed by atoms with Gasteiger partial charge in [0.25, 0.3) is 0 Å². The van der Waals surface area contributed by atoms with Crippen molar-refractivity contribution in [2.45, 2.75) is 32.5 Å². The molecule has 0 aliphatic heterocycles. The quantitative estimate of drug-likeness (QED) is 0.709. The van der Waals surface area contributed by atoms with Gasteiger partial charge in [0, 0.05) is 0 Å². The zero-order valence-corrected chi connectivity index (χ0v) is 8.18. The average molecular weight is 207 g/mol. The molecule has 0 atom stereocenters. The molecule has 0 radical (unpaired) electrons. The summed E-state index contributed by atoms with van der Waals surface area (Å²) in [4.78, 5) is 0. The first-order valence-corrected chi connectivity index (χ1v) is 4.05. The van der Waals surface area contributed by atoms with Gasteiger partial charge in [-0.1, -0.05) is 0 Å². The van der Waals surface area contributed by atoms with Gasteiger partial charge in [0.1, 0.15) is 0 Å². The first kappa shape index (κ1) is 10.9. The van der Waals surface area contributed by atoms with Crippen LogP contribution in [-0.2, 0) is 11.7 Å². The Morgan fingerprint density at radius 1 is 1.29 bits per heavy atom. The molecule has 0 amide bonds. The Labute approximate surface area is 79.7 Å². The van der Waals surface area contributed by atoms with Gasteiger partial charge in [-0.3, -0.25) is 4.68 Å². The molecular formula is C8H12F3N3. The van der Waals surface area contributed by atoms with E-state index >= 15 is 0 Å². The third-order valence-corrected chi connectivity index (χ3v) is 1.70. The molecule has 6 heteroatoms. The molecule has 0 aliphatic carbocycles. The maximum Gasteiger partial charge on any atom is 0.435 e. The van der Waals surface area contributed by atoms with Gasteiger partial charge in [-0.25, -0.2) is 0 Å². The van der Waals surface area contributed by atoms with Crippen LogP contribution in [0.25, 0.3) is 0 Å². The van der Waals surface area contributed by atoms with Crippen molar-refractivity contribution >= 4 is 5.69 Å². The summed E-state index contributed by atoms with van der Waals surface area (Å²) in [5.41, 5.74) is 3.26. The van der Waals surface area contributed by atoms with Gasteiger partial charge >= 0.3 is 6.18 Å². The Morgan fingerprint density at radius 3 is 2.07 bits per heavy atom. The number of nitrogen functional groups attached to an aromatic ring is 1. The Kier molecular flexibility index (Phi) is 2.25. The van der Waals surface area contributed by atoms with Crippen LogP contribution in [0, 0.1) is 0 Å². The molecule has 0 aromatic carbocycles. The van der Waals surface area contributed by atoms with Crippen molar-refractivity contribution in [3.05, 3.63) is 11.9 Å². The van der Waals surface area contributed by atoms with Crippen molar-refractivity contribution in [2.24, 2.45) is 0 Å². The second-order valence-corrected chi connectivity index (χ2v) is 4.03. The molecule has 1 heterocycles. The Morgan fingerprint density at radius 2 is 1.79 bits per heavy atom. The van der Waals surface area contributed by atoms with Crippen molar-refractivity contribution in [1.82, 2.24) is 9.78 Å². The highest BCUT2D eigenvalue weighted by molar-refractivity contribution is 5.43. The normalized spacial score (nSPS) is 13.3. The van der Waals surface area contributed by atoms with E-state index in [0.29, 0.717) is 0 Å². The first-order chi connectivity index (χ1) is 6.14. The number of halogens is 3. The Hall–Kier alpha value is -1.20. The Bertz CT molecular complexity index is 333. The molecule has 0 spiro atoms. The Balaban J connectivity index is 3.35. The van der Waals surface area contributed by atoms with Crippen LogP contribution in [0.15, 0.2) is 6.20 Å². The van der Waals surface area contributed by atoms with E-state index in [4.69, 9.17) is 5.73 Å². The maximum absolute atomic E-state index is 12.5. The van der Waals surface area contributed by atoms with Crippen LogP contribution in [0.5, 0.6) is 0 Å². The fraction of sp³-hybridized carbons (Fsp3) is 0.625. The van der Waals surface area contributed by atoms with Gasteiger partial charge in [0.2, 0.25) is 0 Å². The van der Waals surface area contributed by atoms with Gasteiger partial charge in [-0.15, -0.1) is 0 Å². The van der Waals surface area contributed by atoms with Gasteiger partial charge in [-0.05, 0) is 20.8 Å². The van der Waals surface area contributed by atoms with Crippen LogP contribution in [0.2, 0.25) is 0 Å². The molecule has 0 fully saturated rings. The van der Waals surface area contributed by atoms with Crippen LogP contribution in [0.3, 0.4) is 0 Å². The van der Waals surface area contributed by atoms with E-state index in [1.807, 2.05) is 0 Å². The number of rotatable bonds is 0. The number of anilines is 1. The summed E-state index contributed by atoms with van der Waals surface area (Å²) in [7, 11) is 0. The van der Waals surface area contributed by atoms with Crippen LogP contribution >= 0.6 is 0 Å². The maximum atomic E-state index is 12.5. The highest BCUT2D eigenvalue weighted by Gasteiger charge is 2.40. The summed E-state index contributed by atoms with van der Waals surface area (Å²) in [6, 6.07) is 0. The van der Waals surface area contributed by atoms with Crippen molar-refractivity contribution in [1.29, 1.82) is 0 Å². The van der Waals surface area contributed by atoms with Gasteiger partial charge < -0.3 is 5.73 Å². The average Bonchev–Trinajstić information content (AvgIpc) is 2.27. The highest BCUT2D eigenvalue weighted by atomic mass is 19.4. The van der Waals surface area contributed by atoms with Crippen molar-refractivity contribution in [2.75, 3.05) is 5.73 Å². The van der Waals surface area contributed by atoms with E-state index in [9.17, 15) is 13.2 Å². The van der Waals surface area contributed by atoms with E-state index < -0.39 is 17.4 Å². The number of nitrogens with zero attached hydrogens (tertiary/aromatic N) is 2.